The first-order chi connectivity index (χ1) is 25.2. The van der Waals surface area contributed by atoms with Crippen molar-refractivity contribution >= 4 is 86.6 Å². The van der Waals surface area contributed by atoms with Gasteiger partial charge in [0, 0.05) is 10.8 Å². The highest BCUT2D eigenvalue weighted by atomic mass is 16.3. The quantitative estimate of drug-likeness (QED) is 0.174. The molecule has 0 spiro atoms. The van der Waals surface area contributed by atoms with E-state index in [4.69, 9.17) is 4.42 Å². The van der Waals surface area contributed by atoms with E-state index in [1.807, 2.05) is 0 Å². The third-order valence-electron chi connectivity index (χ3n) is 11.3. The van der Waals surface area contributed by atoms with E-state index >= 15 is 0 Å². The van der Waals surface area contributed by atoms with E-state index < -0.39 is 0 Å². The molecular formula is C50H28O. The Morgan fingerprint density at radius 1 is 0.255 bits per heavy atom. The Morgan fingerprint density at radius 2 is 0.627 bits per heavy atom. The topological polar surface area (TPSA) is 13.1 Å². The van der Waals surface area contributed by atoms with E-state index in [0.29, 0.717) is 0 Å². The van der Waals surface area contributed by atoms with E-state index in [2.05, 4.69) is 170 Å². The molecule has 1 aromatic heterocycles. The molecule has 0 saturated carbocycles. The second kappa shape index (κ2) is 9.94. The molecule has 0 saturated heterocycles. The van der Waals surface area contributed by atoms with Crippen molar-refractivity contribution in [1.82, 2.24) is 0 Å². The summed E-state index contributed by atoms with van der Waals surface area (Å²) in [6, 6.07) is 62.6. The van der Waals surface area contributed by atoms with Gasteiger partial charge in [-0.25, -0.2) is 0 Å². The standard InChI is InChI=1S/C50H28O/c1-4-29-10-12-33-14-20-39(43-24-16-31(6-1)47(29)49(33)43)37-9-3-8-35(26-37)36-18-22-41-42-23-19-38(28-46(42)51-45(41)27-36)40-21-15-34-13-11-30-5-2-7-32-17-25-44(40)50(34)48(30)32/h1-28H. The second-order valence-electron chi connectivity index (χ2n) is 14.0. The Balaban J connectivity index is 0.967. The van der Waals surface area contributed by atoms with Crippen molar-refractivity contribution < 1.29 is 4.42 Å². The fourth-order valence-corrected chi connectivity index (χ4v) is 8.96. The minimum absolute atomic E-state index is 0.906. The number of furan rings is 1. The van der Waals surface area contributed by atoms with Crippen molar-refractivity contribution in [1.29, 1.82) is 0 Å². The predicted molar refractivity (Wildman–Crippen MR) is 217 cm³/mol. The summed E-state index contributed by atoms with van der Waals surface area (Å²) in [7, 11) is 0. The van der Waals surface area contributed by atoms with Crippen LogP contribution in [0.1, 0.15) is 0 Å². The Bertz CT molecular complexity index is 3330. The second-order valence-corrected chi connectivity index (χ2v) is 14.0. The summed E-state index contributed by atoms with van der Waals surface area (Å²) >= 11 is 0. The minimum atomic E-state index is 0.906. The third-order valence-corrected chi connectivity index (χ3v) is 11.3. The predicted octanol–water partition coefficient (Wildman–Crippen LogP) is 14.4. The molecule has 12 aromatic rings. The summed E-state index contributed by atoms with van der Waals surface area (Å²) in [6.07, 6.45) is 0. The molecule has 0 bridgehead atoms. The van der Waals surface area contributed by atoms with Gasteiger partial charge in [-0.2, -0.15) is 0 Å². The highest BCUT2D eigenvalue weighted by Crippen LogP contribution is 2.43. The average Bonchev–Trinajstić information content (AvgIpc) is 3.56. The molecule has 1 heteroatoms. The van der Waals surface area contributed by atoms with Crippen molar-refractivity contribution in [2.24, 2.45) is 0 Å². The van der Waals surface area contributed by atoms with Gasteiger partial charge in [0.05, 0.1) is 0 Å². The first kappa shape index (κ1) is 27.2. The Labute approximate surface area is 293 Å². The van der Waals surface area contributed by atoms with Gasteiger partial charge in [0.2, 0.25) is 0 Å². The van der Waals surface area contributed by atoms with Crippen molar-refractivity contribution in [2.45, 2.75) is 0 Å². The number of hydrogen-bond donors (Lipinski definition) is 0. The Morgan fingerprint density at radius 3 is 1.20 bits per heavy atom. The van der Waals surface area contributed by atoms with Gasteiger partial charge in [0.25, 0.3) is 0 Å². The smallest absolute Gasteiger partial charge is 0.136 e. The largest absolute Gasteiger partial charge is 0.456 e. The molecule has 1 heterocycles. The van der Waals surface area contributed by atoms with Gasteiger partial charge in [-0.1, -0.05) is 140 Å². The maximum atomic E-state index is 6.64. The summed E-state index contributed by atoms with van der Waals surface area (Å²) in [6.45, 7) is 0. The lowest BCUT2D eigenvalue weighted by atomic mass is 9.89. The molecule has 0 N–H and O–H groups in total. The first-order valence-electron chi connectivity index (χ1n) is 17.7. The maximum Gasteiger partial charge on any atom is 0.136 e. The molecule has 51 heavy (non-hydrogen) atoms. The molecule has 12 rings (SSSR count). The molecule has 0 atom stereocenters. The molecule has 0 aliphatic carbocycles. The molecule has 0 radical (unpaired) electrons. The molecule has 0 amide bonds. The molecular weight excluding hydrogens is 617 g/mol. The van der Waals surface area contributed by atoms with Gasteiger partial charge >= 0.3 is 0 Å². The van der Waals surface area contributed by atoms with Gasteiger partial charge < -0.3 is 4.42 Å². The van der Waals surface area contributed by atoms with Crippen molar-refractivity contribution in [3.05, 3.63) is 170 Å². The maximum absolute atomic E-state index is 6.64. The summed E-state index contributed by atoms with van der Waals surface area (Å²) in [5.74, 6) is 0. The highest BCUT2D eigenvalue weighted by molar-refractivity contribution is 6.27. The number of hydrogen-bond acceptors (Lipinski definition) is 1. The van der Waals surface area contributed by atoms with Gasteiger partial charge in [0.15, 0.2) is 0 Å². The van der Waals surface area contributed by atoms with Crippen LogP contribution < -0.4 is 0 Å². The van der Waals surface area contributed by atoms with Crippen LogP contribution in [0.3, 0.4) is 0 Å². The van der Waals surface area contributed by atoms with Crippen LogP contribution in [-0.4, -0.2) is 0 Å². The van der Waals surface area contributed by atoms with E-state index in [9.17, 15) is 0 Å². The number of fused-ring (bicyclic) bond motifs is 3. The molecule has 234 valence electrons. The van der Waals surface area contributed by atoms with Crippen molar-refractivity contribution in [3.8, 4) is 33.4 Å². The van der Waals surface area contributed by atoms with Gasteiger partial charge in [0.1, 0.15) is 11.2 Å². The van der Waals surface area contributed by atoms with Crippen LogP contribution in [0.15, 0.2) is 174 Å². The van der Waals surface area contributed by atoms with Gasteiger partial charge in [-0.15, -0.1) is 0 Å². The first-order valence-corrected chi connectivity index (χ1v) is 17.7. The molecule has 11 aromatic carbocycles. The zero-order valence-electron chi connectivity index (χ0n) is 27.6. The van der Waals surface area contributed by atoms with E-state index in [0.717, 1.165) is 27.5 Å². The molecule has 0 aliphatic rings. The van der Waals surface area contributed by atoms with Crippen LogP contribution in [0.5, 0.6) is 0 Å². The van der Waals surface area contributed by atoms with E-state index in [1.165, 1.54) is 92.5 Å². The van der Waals surface area contributed by atoms with Crippen LogP contribution in [0.4, 0.5) is 0 Å². The fourth-order valence-electron chi connectivity index (χ4n) is 8.96. The lowest BCUT2D eigenvalue weighted by molar-refractivity contribution is 0.669. The minimum Gasteiger partial charge on any atom is -0.456 e. The summed E-state index contributed by atoms with van der Waals surface area (Å²) in [5, 5.41) is 17.9. The lowest BCUT2D eigenvalue weighted by Gasteiger charge is -2.14. The normalized spacial score (nSPS) is 12.3. The van der Waals surface area contributed by atoms with E-state index in [-0.39, 0.29) is 0 Å². The summed E-state index contributed by atoms with van der Waals surface area (Å²) in [4.78, 5) is 0. The number of rotatable bonds is 3. The fraction of sp³-hybridized carbons (Fsp3) is 0. The van der Waals surface area contributed by atoms with Gasteiger partial charge in [-0.3, -0.25) is 0 Å². The van der Waals surface area contributed by atoms with Crippen LogP contribution in [0.2, 0.25) is 0 Å². The lowest BCUT2D eigenvalue weighted by Crippen LogP contribution is -1.87. The number of benzene rings is 11. The molecule has 0 unspecified atom stereocenters. The van der Waals surface area contributed by atoms with Crippen LogP contribution >= 0.6 is 0 Å². The monoisotopic (exact) mass is 644 g/mol. The van der Waals surface area contributed by atoms with Crippen molar-refractivity contribution in [3.63, 3.8) is 0 Å². The summed E-state index contributed by atoms with van der Waals surface area (Å²) in [5.41, 5.74) is 9.01. The summed E-state index contributed by atoms with van der Waals surface area (Å²) < 4.78 is 6.64. The molecule has 1 nitrogen and oxygen atoms in total. The zero-order valence-corrected chi connectivity index (χ0v) is 27.6. The van der Waals surface area contributed by atoms with Crippen LogP contribution in [0, 0.1) is 0 Å². The van der Waals surface area contributed by atoms with Crippen LogP contribution in [-0.2, 0) is 0 Å². The van der Waals surface area contributed by atoms with Gasteiger partial charge in [-0.05, 0) is 128 Å². The molecule has 0 aliphatic heterocycles. The zero-order chi connectivity index (χ0) is 33.2. The van der Waals surface area contributed by atoms with E-state index in [1.54, 1.807) is 0 Å². The van der Waals surface area contributed by atoms with Crippen molar-refractivity contribution in [2.75, 3.05) is 0 Å². The third kappa shape index (κ3) is 3.81. The average molecular weight is 645 g/mol. The molecule has 0 fully saturated rings. The Kier molecular flexibility index (Phi) is 5.29. The SMILES string of the molecule is c1cc(-c2ccc3c(c2)oc2cc(-c4ccc5ccc6cccc7ccc4c5c67)ccc23)cc(-c2ccc3ccc4cccc5ccc2c3c45)c1. The van der Waals surface area contributed by atoms with Crippen LogP contribution in [0.25, 0.3) is 120 Å². The highest BCUT2D eigenvalue weighted by Gasteiger charge is 2.16. The Hall–Kier alpha value is -6.70.